The maximum atomic E-state index is 11.0. The van der Waals surface area contributed by atoms with Gasteiger partial charge in [0.15, 0.2) is 0 Å². The lowest BCUT2D eigenvalue weighted by molar-refractivity contribution is 0.0697. The number of carbonyl (C=O) groups is 1. The van der Waals surface area contributed by atoms with Gasteiger partial charge in [-0.3, -0.25) is 0 Å². The first-order valence-electron chi connectivity index (χ1n) is 5.96. The number of aromatic nitrogens is 1. The lowest BCUT2D eigenvalue weighted by atomic mass is 10.1. The normalized spacial score (nSPS) is 10.9. The van der Waals surface area contributed by atoms with Crippen molar-refractivity contribution in [2.24, 2.45) is 0 Å². The summed E-state index contributed by atoms with van der Waals surface area (Å²) in [6.45, 7) is 5.16. The number of fused-ring (bicyclic) bond motifs is 1. The Balaban J connectivity index is 2.52. The van der Waals surface area contributed by atoms with Crippen molar-refractivity contribution in [3.8, 4) is 0 Å². The van der Waals surface area contributed by atoms with Crippen molar-refractivity contribution in [1.29, 1.82) is 0 Å². The molecule has 1 heterocycles. The lowest BCUT2D eigenvalue weighted by Crippen LogP contribution is -1.99. The topological polar surface area (TPSA) is 42.2 Å². The molecule has 1 aromatic heterocycles. The van der Waals surface area contributed by atoms with E-state index >= 15 is 0 Å². The highest BCUT2D eigenvalue weighted by Gasteiger charge is 2.09. The van der Waals surface area contributed by atoms with Crippen LogP contribution in [0.2, 0.25) is 0 Å². The minimum absolute atomic E-state index is 0.355. The van der Waals surface area contributed by atoms with Crippen LogP contribution in [0.5, 0.6) is 0 Å². The molecular weight excluding hydrogens is 214 g/mol. The van der Waals surface area contributed by atoms with E-state index in [0.29, 0.717) is 5.56 Å². The summed E-state index contributed by atoms with van der Waals surface area (Å²) in [7, 11) is 0. The highest BCUT2D eigenvalue weighted by Crippen LogP contribution is 2.22. The SMILES string of the molecule is CCCCn1cc(C)c2ccc(C(=O)O)cc21. The number of carboxylic acids is 1. The Morgan fingerprint density at radius 2 is 2.18 bits per heavy atom. The van der Waals surface area contributed by atoms with Crippen LogP contribution in [-0.2, 0) is 6.54 Å². The zero-order chi connectivity index (χ0) is 12.4. The van der Waals surface area contributed by atoms with Crippen molar-refractivity contribution in [1.82, 2.24) is 4.57 Å². The minimum atomic E-state index is -0.868. The Kier molecular flexibility index (Phi) is 3.18. The average molecular weight is 231 g/mol. The third kappa shape index (κ3) is 2.18. The van der Waals surface area contributed by atoms with E-state index in [0.717, 1.165) is 30.3 Å². The van der Waals surface area contributed by atoms with Gasteiger partial charge in [0.1, 0.15) is 0 Å². The monoisotopic (exact) mass is 231 g/mol. The summed E-state index contributed by atoms with van der Waals surface area (Å²) in [6.07, 6.45) is 4.35. The molecule has 0 spiro atoms. The summed E-state index contributed by atoms with van der Waals surface area (Å²) in [5.41, 5.74) is 2.58. The van der Waals surface area contributed by atoms with Gasteiger partial charge in [-0.15, -0.1) is 0 Å². The Morgan fingerprint density at radius 3 is 2.82 bits per heavy atom. The van der Waals surface area contributed by atoms with E-state index < -0.39 is 5.97 Å². The second-order valence-corrected chi connectivity index (χ2v) is 4.40. The van der Waals surface area contributed by atoms with E-state index in [1.807, 2.05) is 6.07 Å². The van der Waals surface area contributed by atoms with Gasteiger partial charge in [-0.1, -0.05) is 19.4 Å². The number of hydrogen-bond acceptors (Lipinski definition) is 1. The molecular formula is C14H17NO2. The Hall–Kier alpha value is -1.77. The minimum Gasteiger partial charge on any atom is -0.478 e. The summed E-state index contributed by atoms with van der Waals surface area (Å²) in [5.74, 6) is -0.868. The van der Waals surface area contributed by atoms with Crippen LogP contribution < -0.4 is 0 Å². The predicted octanol–water partition coefficient (Wildman–Crippen LogP) is 3.45. The highest BCUT2D eigenvalue weighted by molar-refractivity contribution is 5.94. The quantitative estimate of drug-likeness (QED) is 0.875. The number of aryl methyl sites for hydroxylation is 2. The summed E-state index contributed by atoms with van der Waals surface area (Å²) in [4.78, 5) is 11.0. The number of rotatable bonds is 4. The van der Waals surface area contributed by atoms with Crippen molar-refractivity contribution in [2.75, 3.05) is 0 Å². The zero-order valence-electron chi connectivity index (χ0n) is 10.2. The summed E-state index contributed by atoms with van der Waals surface area (Å²) in [6, 6.07) is 5.33. The zero-order valence-corrected chi connectivity index (χ0v) is 10.2. The van der Waals surface area contributed by atoms with E-state index in [2.05, 4.69) is 24.6 Å². The molecule has 0 radical (unpaired) electrons. The van der Waals surface area contributed by atoms with Gasteiger partial charge in [0, 0.05) is 23.6 Å². The molecule has 0 fully saturated rings. The van der Waals surface area contributed by atoms with E-state index in [4.69, 9.17) is 5.11 Å². The van der Waals surface area contributed by atoms with Gasteiger partial charge >= 0.3 is 5.97 Å². The molecule has 2 aromatic rings. The van der Waals surface area contributed by atoms with Crippen LogP contribution >= 0.6 is 0 Å². The van der Waals surface area contributed by atoms with Gasteiger partial charge in [0.05, 0.1) is 5.56 Å². The summed E-state index contributed by atoms with van der Waals surface area (Å²) < 4.78 is 2.15. The number of nitrogens with zero attached hydrogens (tertiary/aromatic N) is 1. The second-order valence-electron chi connectivity index (χ2n) is 4.40. The highest BCUT2D eigenvalue weighted by atomic mass is 16.4. The third-order valence-electron chi connectivity index (χ3n) is 3.08. The fourth-order valence-electron chi connectivity index (χ4n) is 2.12. The first-order chi connectivity index (χ1) is 8.13. The van der Waals surface area contributed by atoms with E-state index in [9.17, 15) is 4.79 Å². The average Bonchev–Trinajstić information content (AvgIpc) is 2.63. The van der Waals surface area contributed by atoms with Crippen LogP contribution in [0.3, 0.4) is 0 Å². The molecule has 17 heavy (non-hydrogen) atoms. The molecule has 0 saturated carbocycles. The van der Waals surface area contributed by atoms with Gasteiger partial charge in [-0.05, 0) is 31.0 Å². The summed E-state index contributed by atoms with van der Waals surface area (Å²) >= 11 is 0. The predicted molar refractivity (Wildman–Crippen MR) is 68.5 cm³/mol. The van der Waals surface area contributed by atoms with E-state index in [1.165, 1.54) is 5.56 Å². The van der Waals surface area contributed by atoms with Gasteiger partial charge in [-0.2, -0.15) is 0 Å². The fourth-order valence-corrected chi connectivity index (χ4v) is 2.12. The van der Waals surface area contributed by atoms with Crippen molar-refractivity contribution in [3.05, 3.63) is 35.5 Å². The van der Waals surface area contributed by atoms with Crippen molar-refractivity contribution in [2.45, 2.75) is 33.2 Å². The molecule has 0 saturated heterocycles. The maximum Gasteiger partial charge on any atom is 0.335 e. The summed E-state index contributed by atoms with van der Waals surface area (Å²) in [5, 5.41) is 10.2. The first kappa shape index (κ1) is 11.7. The van der Waals surface area contributed by atoms with Crippen LogP contribution in [0.1, 0.15) is 35.7 Å². The first-order valence-corrected chi connectivity index (χ1v) is 5.96. The van der Waals surface area contributed by atoms with Crippen LogP contribution in [0.25, 0.3) is 10.9 Å². The molecule has 1 N–H and O–H groups in total. The maximum absolute atomic E-state index is 11.0. The van der Waals surface area contributed by atoms with Crippen molar-refractivity contribution < 1.29 is 9.90 Å². The van der Waals surface area contributed by atoms with Crippen LogP contribution in [-0.4, -0.2) is 15.6 Å². The molecule has 3 nitrogen and oxygen atoms in total. The third-order valence-corrected chi connectivity index (χ3v) is 3.08. The Bertz CT molecular complexity index is 555. The molecule has 1 aromatic carbocycles. The number of unbranched alkanes of at least 4 members (excludes halogenated alkanes) is 1. The lowest BCUT2D eigenvalue weighted by Gasteiger charge is -2.04. The molecule has 0 unspecified atom stereocenters. The van der Waals surface area contributed by atoms with Crippen LogP contribution in [0.15, 0.2) is 24.4 Å². The van der Waals surface area contributed by atoms with Gasteiger partial charge in [0.25, 0.3) is 0 Å². The molecule has 0 aliphatic carbocycles. The van der Waals surface area contributed by atoms with Gasteiger partial charge < -0.3 is 9.67 Å². The number of aromatic carboxylic acids is 1. The number of hydrogen-bond donors (Lipinski definition) is 1. The smallest absolute Gasteiger partial charge is 0.335 e. The Morgan fingerprint density at radius 1 is 1.41 bits per heavy atom. The number of benzene rings is 1. The molecule has 2 rings (SSSR count). The van der Waals surface area contributed by atoms with E-state index in [1.54, 1.807) is 12.1 Å². The largest absolute Gasteiger partial charge is 0.478 e. The molecule has 3 heteroatoms. The number of carboxylic acid groups (broad SMARTS) is 1. The van der Waals surface area contributed by atoms with Crippen molar-refractivity contribution in [3.63, 3.8) is 0 Å². The molecule has 90 valence electrons. The second kappa shape index (κ2) is 4.62. The van der Waals surface area contributed by atoms with Gasteiger partial charge in [0.2, 0.25) is 0 Å². The Labute approximate surface area is 101 Å². The molecule has 0 aliphatic rings. The molecule has 0 atom stereocenters. The standard InChI is InChI=1S/C14H17NO2/c1-3-4-7-15-9-10(2)12-6-5-11(14(16)17)8-13(12)15/h5-6,8-9H,3-4,7H2,1-2H3,(H,16,17). The van der Waals surface area contributed by atoms with Crippen molar-refractivity contribution >= 4 is 16.9 Å². The molecule has 0 bridgehead atoms. The van der Waals surface area contributed by atoms with Gasteiger partial charge in [-0.25, -0.2) is 4.79 Å². The van der Waals surface area contributed by atoms with E-state index in [-0.39, 0.29) is 0 Å². The van der Waals surface area contributed by atoms with Crippen LogP contribution in [0, 0.1) is 6.92 Å². The fraction of sp³-hybridized carbons (Fsp3) is 0.357. The molecule has 0 aliphatic heterocycles. The van der Waals surface area contributed by atoms with Crippen LogP contribution in [0.4, 0.5) is 0 Å². The molecule has 0 amide bonds.